The average molecular weight is 378 g/mol. The monoisotopic (exact) mass is 378 g/mol. The van der Waals surface area contributed by atoms with Crippen LogP contribution in [0.15, 0.2) is 38.2 Å². The van der Waals surface area contributed by atoms with Crippen molar-refractivity contribution in [2.45, 2.75) is 25.3 Å². The summed E-state index contributed by atoms with van der Waals surface area (Å²) in [5, 5.41) is 7.59. The summed E-state index contributed by atoms with van der Waals surface area (Å²) < 4.78 is 41.9. The fraction of sp³-hybridized carbons (Fsp3) is 0.312. The summed E-state index contributed by atoms with van der Waals surface area (Å²) in [5.74, 6) is 1.41. The standard InChI is InChI=1S/C16H18N4O5S/c1-10-15(11(2)24-18-10)26(21,22)20(3)9-14-17-16(19-25-14)12-6-5-7-13(8-12)23-4/h5-8H,9H2,1-4H3. The van der Waals surface area contributed by atoms with E-state index in [0.29, 0.717) is 22.8 Å². The van der Waals surface area contributed by atoms with Gasteiger partial charge in [-0.1, -0.05) is 22.4 Å². The predicted octanol–water partition coefficient (Wildman–Crippen LogP) is 2.17. The molecule has 0 saturated heterocycles. The number of aryl methyl sites for hydroxylation is 2. The third-order valence-corrected chi connectivity index (χ3v) is 5.84. The highest BCUT2D eigenvalue weighted by Crippen LogP contribution is 2.25. The van der Waals surface area contributed by atoms with Gasteiger partial charge in [0.1, 0.15) is 16.3 Å². The maximum absolute atomic E-state index is 12.7. The minimum Gasteiger partial charge on any atom is -0.497 e. The van der Waals surface area contributed by atoms with Crippen molar-refractivity contribution in [3.05, 3.63) is 41.6 Å². The Labute approximate surface area is 150 Å². The topological polar surface area (TPSA) is 112 Å². The number of rotatable bonds is 6. The van der Waals surface area contributed by atoms with Crippen LogP contribution in [0.2, 0.25) is 0 Å². The molecule has 0 amide bonds. The molecule has 2 heterocycles. The smallest absolute Gasteiger partial charge is 0.248 e. The third-order valence-electron chi connectivity index (χ3n) is 3.79. The van der Waals surface area contributed by atoms with Gasteiger partial charge in [-0.15, -0.1) is 0 Å². The van der Waals surface area contributed by atoms with E-state index in [0.717, 1.165) is 4.31 Å². The molecule has 10 heteroatoms. The predicted molar refractivity (Wildman–Crippen MR) is 90.9 cm³/mol. The van der Waals surface area contributed by atoms with Crippen LogP contribution in [0.25, 0.3) is 11.4 Å². The molecular formula is C16H18N4O5S. The van der Waals surface area contributed by atoms with E-state index in [1.807, 2.05) is 6.07 Å². The number of aromatic nitrogens is 3. The average Bonchev–Trinajstić information content (AvgIpc) is 3.21. The van der Waals surface area contributed by atoms with Crippen molar-refractivity contribution in [3.8, 4) is 17.1 Å². The second-order valence-electron chi connectivity index (χ2n) is 5.66. The lowest BCUT2D eigenvalue weighted by molar-refractivity contribution is 0.336. The van der Waals surface area contributed by atoms with Gasteiger partial charge in [0.25, 0.3) is 0 Å². The Morgan fingerprint density at radius 2 is 1.96 bits per heavy atom. The molecule has 0 atom stereocenters. The van der Waals surface area contributed by atoms with Gasteiger partial charge in [-0.25, -0.2) is 8.42 Å². The molecule has 0 aliphatic rings. The minimum absolute atomic E-state index is 0.0486. The lowest BCUT2D eigenvalue weighted by Crippen LogP contribution is -2.27. The summed E-state index contributed by atoms with van der Waals surface area (Å²) in [7, 11) is -0.800. The molecule has 0 aliphatic carbocycles. The summed E-state index contributed by atoms with van der Waals surface area (Å²) >= 11 is 0. The summed E-state index contributed by atoms with van der Waals surface area (Å²) in [4.78, 5) is 4.31. The van der Waals surface area contributed by atoms with Crippen molar-refractivity contribution in [2.24, 2.45) is 0 Å². The van der Waals surface area contributed by atoms with E-state index >= 15 is 0 Å². The number of methoxy groups -OCH3 is 1. The molecule has 0 radical (unpaired) electrons. The number of hydrogen-bond acceptors (Lipinski definition) is 8. The summed E-state index contributed by atoms with van der Waals surface area (Å²) in [6.45, 7) is 3.04. The highest BCUT2D eigenvalue weighted by molar-refractivity contribution is 7.89. The van der Waals surface area contributed by atoms with Crippen LogP contribution in [0.4, 0.5) is 0 Å². The molecular weight excluding hydrogens is 360 g/mol. The molecule has 0 saturated carbocycles. The largest absolute Gasteiger partial charge is 0.497 e. The Balaban J connectivity index is 1.82. The van der Waals surface area contributed by atoms with Crippen LogP contribution in [0.5, 0.6) is 5.75 Å². The number of nitrogens with zero attached hydrogens (tertiary/aromatic N) is 4. The Morgan fingerprint density at radius 1 is 1.19 bits per heavy atom. The first kappa shape index (κ1) is 18.1. The SMILES string of the molecule is COc1cccc(-c2noc(CN(C)S(=O)(=O)c3c(C)noc3C)n2)c1. The highest BCUT2D eigenvalue weighted by Gasteiger charge is 2.29. The Kier molecular flexibility index (Phi) is 4.79. The molecule has 0 aliphatic heterocycles. The molecule has 9 nitrogen and oxygen atoms in total. The zero-order valence-corrected chi connectivity index (χ0v) is 15.6. The maximum atomic E-state index is 12.7. The molecule has 26 heavy (non-hydrogen) atoms. The Hall–Kier alpha value is -2.72. The van der Waals surface area contributed by atoms with Crippen molar-refractivity contribution in [2.75, 3.05) is 14.2 Å². The fourth-order valence-electron chi connectivity index (χ4n) is 2.47. The molecule has 2 aromatic heterocycles. The Morgan fingerprint density at radius 3 is 2.62 bits per heavy atom. The van der Waals surface area contributed by atoms with E-state index in [9.17, 15) is 8.42 Å². The molecule has 0 bridgehead atoms. The minimum atomic E-state index is -3.79. The van der Waals surface area contributed by atoms with Crippen LogP contribution in [0.3, 0.4) is 0 Å². The second kappa shape index (κ2) is 6.89. The highest BCUT2D eigenvalue weighted by atomic mass is 32.2. The van der Waals surface area contributed by atoms with Crippen molar-refractivity contribution < 1.29 is 22.2 Å². The van der Waals surface area contributed by atoms with Gasteiger partial charge in [-0.2, -0.15) is 9.29 Å². The van der Waals surface area contributed by atoms with Gasteiger partial charge >= 0.3 is 0 Å². The quantitative estimate of drug-likeness (QED) is 0.641. The van der Waals surface area contributed by atoms with Crippen molar-refractivity contribution >= 4 is 10.0 Å². The second-order valence-corrected chi connectivity index (χ2v) is 7.64. The van der Waals surface area contributed by atoms with Gasteiger partial charge in [0.2, 0.25) is 21.7 Å². The van der Waals surface area contributed by atoms with Crippen LogP contribution in [-0.4, -0.2) is 42.2 Å². The van der Waals surface area contributed by atoms with Gasteiger partial charge in [-0.05, 0) is 26.0 Å². The van der Waals surface area contributed by atoms with Crippen molar-refractivity contribution in [1.29, 1.82) is 0 Å². The lowest BCUT2D eigenvalue weighted by Gasteiger charge is -2.14. The number of sulfonamides is 1. The van der Waals surface area contributed by atoms with E-state index in [1.165, 1.54) is 7.05 Å². The van der Waals surface area contributed by atoms with Crippen molar-refractivity contribution in [3.63, 3.8) is 0 Å². The Bertz CT molecular complexity index is 1010. The van der Waals surface area contributed by atoms with Gasteiger partial charge in [-0.3, -0.25) is 0 Å². The van der Waals surface area contributed by atoms with E-state index in [4.69, 9.17) is 13.8 Å². The summed E-state index contributed by atoms with van der Waals surface area (Å²) in [5.41, 5.74) is 1.01. The normalized spacial score (nSPS) is 11.9. The molecule has 3 aromatic rings. The van der Waals surface area contributed by atoms with Gasteiger partial charge < -0.3 is 13.8 Å². The summed E-state index contributed by atoms with van der Waals surface area (Å²) in [6, 6.07) is 7.17. The zero-order chi connectivity index (χ0) is 18.9. The van der Waals surface area contributed by atoms with E-state index in [-0.39, 0.29) is 23.1 Å². The van der Waals surface area contributed by atoms with Crippen molar-refractivity contribution in [1.82, 2.24) is 19.6 Å². The molecule has 1 aromatic carbocycles. The first-order valence-electron chi connectivity index (χ1n) is 7.69. The first-order chi connectivity index (χ1) is 12.3. The van der Waals surface area contributed by atoms with Gasteiger partial charge in [0, 0.05) is 12.6 Å². The fourth-order valence-corrected chi connectivity index (χ4v) is 3.88. The van der Waals surface area contributed by atoms with Crippen LogP contribution in [-0.2, 0) is 16.6 Å². The molecule has 0 unspecified atom stereocenters. The zero-order valence-electron chi connectivity index (χ0n) is 14.8. The van der Waals surface area contributed by atoms with Gasteiger partial charge in [0.05, 0.1) is 13.7 Å². The lowest BCUT2D eigenvalue weighted by atomic mass is 10.2. The third kappa shape index (κ3) is 3.33. The van der Waals surface area contributed by atoms with E-state index in [2.05, 4.69) is 15.3 Å². The van der Waals surface area contributed by atoms with E-state index < -0.39 is 10.0 Å². The molecule has 3 rings (SSSR count). The molecule has 138 valence electrons. The first-order valence-corrected chi connectivity index (χ1v) is 9.13. The van der Waals surface area contributed by atoms with E-state index in [1.54, 1.807) is 39.2 Å². The number of hydrogen-bond donors (Lipinski definition) is 0. The molecule has 0 spiro atoms. The van der Waals surface area contributed by atoms with Gasteiger partial charge in [0.15, 0.2) is 5.76 Å². The molecule has 0 fully saturated rings. The van der Waals surface area contributed by atoms with Crippen LogP contribution < -0.4 is 4.74 Å². The molecule has 0 N–H and O–H groups in total. The summed E-state index contributed by atoms with van der Waals surface area (Å²) in [6.07, 6.45) is 0. The number of ether oxygens (including phenoxy) is 1. The number of benzene rings is 1. The van der Waals surface area contributed by atoms with Crippen LogP contribution >= 0.6 is 0 Å². The van der Waals surface area contributed by atoms with Crippen LogP contribution in [0.1, 0.15) is 17.3 Å². The maximum Gasteiger partial charge on any atom is 0.248 e. The van der Waals surface area contributed by atoms with Crippen LogP contribution in [0, 0.1) is 13.8 Å².